The molecule has 216 valence electrons. The predicted molar refractivity (Wildman–Crippen MR) is 162 cm³/mol. The number of halogens is 2. The number of benzene rings is 2. The zero-order chi connectivity index (χ0) is 29.7. The van der Waals surface area contributed by atoms with Crippen LogP contribution in [0.3, 0.4) is 0 Å². The SMILES string of the molecule is CNc1ncc2c(n1)N(Cc1cccc(NC(=O)/C=C/CN(C)C)c1)C(=O)N(c1c(Cl)c(OC)cc(OC)c1Cl)C2. The van der Waals surface area contributed by atoms with E-state index >= 15 is 0 Å². The number of anilines is 4. The second-order valence-corrected chi connectivity index (χ2v) is 10.1. The quantitative estimate of drug-likeness (QED) is 0.311. The zero-order valence-corrected chi connectivity index (χ0v) is 24.9. The molecule has 0 spiro atoms. The Morgan fingerprint density at radius 2 is 1.85 bits per heavy atom. The fourth-order valence-corrected chi connectivity index (χ4v) is 4.95. The summed E-state index contributed by atoms with van der Waals surface area (Å²) >= 11 is 13.4. The van der Waals surface area contributed by atoms with Crippen molar-refractivity contribution in [3.05, 3.63) is 69.9 Å². The van der Waals surface area contributed by atoms with Crippen LogP contribution in [0.4, 0.5) is 27.9 Å². The van der Waals surface area contributed by atoms with E-state index in [2.05, 4.69) is 20.6 Å². The summed E-state index contributed by atoms with van der Waals surface area (Å²) in [6, 6.07) is 8.39. The molecule has 0 saturated carbocycles. The van der Waals surface area contributed by atoms with Crippen molar-refractivity contribution in [1.29, 1.82) is 0 Å². The van der Waals surface area contributed by atoms with E-state index in [-0.39, 0.29) is 34.7 Å². The fraction of sp³-hybridized carbons (Fsp3) is 0.286. The number of nitrogens with one attached hydrogen (secondary N) is 2. The third-order valence-corrected chi connectivity index (χ3v) is 6.94. The summed E-state index contributed by atoms with van der Waals surface area (Å²) in [5.74, 6) is 1.15. The summed E-state index contributed by atoms with van der Waals surface area (Å²) in [6.07, 6.45) is 4.91. The Bertz CT molecular complexity index is 1450. The predicted octanol–water partition coefficient (Wildman–Crippen LogP) is 5.05. The van der Waals surface area contributed by atoms with Gasteiger partial charge in [-0.2, -0.15) is 4.98 Å². The van der Waals surface area contributed by atoms with Gasteiger partial charge in [0.2, 0.25) is 11.9 Å². The molecule has 3 aromatic rings. The summed E-state index contributed by atoms with van der Waals surface area (Å²) in [6.45, 7) is 0.892. The van der Waals surface area contributed by atoms with Crippen molar-refractivity contribution in [2.45, 2.75) is 13.1 Å². The Balaban J connectivity index is 1.71. The molecule has 0 saturated heterocycles. The zero-order valence-electron chi connectivity index (χ0n) is 23.4. The Kier molecular flexibility index (Phi) is 9.53. The maximum atomic E-state index is 14.1. The molecular formula is C28H31Cl2N7O4. The van der Waals surface area contributed by atoms with Gasteiger partial charge in [0.1, 0.15) is 27.4 Å². The van der Waals surface area contributed by atoms with Crippen LogP contribution in [0.1, 0.15) is 11.1 Å². The number of aromatic nitrogens is 2. The molecule has 1 aromatic heterocycles. The molecule has 2 heterocycles. The molecular weight excluding hydrogens is 569 g/mol. The highest BCUT2D eigenvalue weighted by atomic mass is 35.5. The van der Waals surface area contributed by atoms with Crippen LogP contribution in [0.5, 0.6) is 11.5 Å². The van der Waals surface area contributed by atoms with Gasteiger partial charge in [0.15, 0.2) is 0 Å². The molecule has 1 aliphatic rings. The molecule has 0 unspecified atom stereocenters. The number of nitrogens with zero attached hydrogens (tertiary/aromatic N) is 5. The van der Waals surface area contributed by atoms with Crippen LogP contribution in [0.2, 0.25) is 10.0 Å². The second kappa shape index (κ2) is 13.1. The average molecular weight is 601 g/mol. The summed E-state index contributed by atoms with van der Waals surface area (Å²) in [4.78, 5) is 40.3. The van der Waals surface area contributed by atoms with Crippen LogP contribution in [-0.4, -0.2) is 68.7 Å². The van der Waals surface area contributed by atoms with E-state index in [4.69, 9.17) is 32.7 Å². The highest BCUT2D eigenvalue weighted by Gasteiger charge is 2.36. The molecule has 0 bridgehead atoms. The van der Waals surface area contributed by atoms with Gasteiger partial charge < -0.3 is 25.0 Å². The number of amides is 3. The molecule has 2 N–H and O–H groups in total. The van der Waals surface area contributed by atoms with Crippen LogP contribution in [0, 0.1) is 0 Å². The lowest BCUT2D eigenvalue weighted by atomic mass is 10.1. The molecule has 0 radical (unpaired) electrons. The number of rotatable bonds is 10. The maximum absolute atomic E-state index is 14.1. The van der Waals surface area contributed by atoms with E-state index < -0.39 is 6.03 Å². The fourth-order valence-electron chi connectivity index (χ4n) is 4.25. The highest BCUT2D eigenvalue weighted by Crippen LogP contribution is 2.48. The van der Waals surface area contributed by atoms with E-state index in [1.54, 1.807) is 43.6 Å². The van der Waals surface area contributed by atoms with Crippen molar-refractivity contribution in [1.82, 2.24) is 14.9 Å². The topological polar surface area (TPSA) is 112 Å². The molecule has 41 heavy (non-hydrogen) atoms. The van der Waals surface area contributed by atoms with Gasteiger partial charge in [0.25, 0.3) is 0 Å². The van der Waals surface area contributed by atoms with E-state index in [1.807, 2.05) is 25.1 Å². The monoisotopic (exact) mass is 599 g/mol. The lowest BCUT2D eigenvalue weighted by Crippen LogP contribution is -2.48. The molecule has 3 amide bonds. The van der Waals surface area contributed by atoms with Crippen molar-refractivity contribution in [3.8, 4) is 11.5 Å². The molecule has 0 fully saturated rings. The molecule has 2 aromatic carbocycles. The maximum Gasteiger partial charge on any atom is 0.330 e. The summed E-state index contributed by atoms with van der Waals surface area (Å²) in [5, 5.41) is 6.10. The lowest BCUT2D eigenvalue weighted by molar-refractivity contribution is -0.111. The number of hydrogen-bond donors (Lipinski definition) is 2. The highest BCUT2D eigenvalue weighted by molar-refractivity contribution is 6.42. The van der Waals surface area contributed by atoms with Crippen molar-refractivity contribution < 1.29 is 19.1 Å². The normalized spacial score (nSPS) is 13.0. The standard InChI is InChI=1S/C28H31Cl2N7O4/c1-31-27-32-14-18-16-36(25-23(29)20(40-4)13-21(41-5)24(25)30)28(39)37(26(18)34-27)15-17-8-6-9-19(12-17)33-22(38)10-7-11-35(2)3/h6-10,12-14H,11,15-16H2,1-5H3,(H,33,38)(H,31,32,34)/b10-7+. The first-order valence-corrected chi connectivity index (χ1v) is 13.4. The Labute approximate surface area is 248 Å². The Hall–Kier alpha value is -4.06. The minimum Gasteiger partial charge on any atom is -0.495 e. The number of hydrogen-bond acceptors (Lipinski definition) is 8. The van der Waals surface area contributed by atoms with Crippen LogP contribution >= 0.6 is 23.2 Å². The second-order valence-electron chi connectivity index (χ2n) is 9.36. The van der Waals surface area contributed by atoms with Crippen molar-refractivity contribution in [2.24, 2.45) is 0 Å². The van der Waals surface area contributed by atoms with Crippen LogP contribution in [-0.2, 0) is 17.9 Å². The van der Waals surface area contributed by atoms with Gasteiger partial charge in [-0.05, 0) is 31.8 Å². The van der Waals surface area contributed by atoms with E-state index in [0.29, 0.717) is 41.1 Å². The Morgan fingerprint density at radius 3 is 2.49 bits per heavy atom. The molecule has 1 aliphatic heterocycles. The number of urea groups is 1. The van der Waals surface area contributed by atoms with Crippen molar-refractivity contribution in [2.75, 3.05) is 62.3 Å². The summed E-state index contributed by atoms with van der Waals surface area (Å²) < 4.78 is 10.8. The van der Waals surface area contributed by atoms with Crippen LogP contribution < -0.4 is 29.9 Å². The van der Waals surface area contributed by atoms with Crippen LogP contribution in [0.15, 0.2) is 48.7 Å². The van der Waals surface area contributed by atoms with Crippen molar-refractivity contribution in [3.63, 3.8) is 0 Å². The van der Waals surface area contributed by atoms with Gasteiger partial charge in [0, 0.05) is 43.2 Å². The molecule has 13 heteroatoms. The molecule has 11 nitrogen and oxygen atoms in total. The van der Waals surface area contributed by atoms with Gasteiger partial charge in [-0.15, -0.1) is 0 Å². The number of carbonyl (C=O) groups excluding carboxylic acids is 2. The van der Waals surface area contributed by atoms with Gasteiger partial charge in [0.05, 0.1) is 33.0 Å². The minimum absolute atomic E-state index is 0.111. The van der Waals surface area contributed by atoms with Crippen LogP contribution in [0.25, 0.3) is 0 Å². The average Bonchev–Trinajstić information content (AvgIpc) is 2.95. The number of methoxy groups -OCH3 is 2. The number of fused-ring (bicyclic) bond motifs is 1. The lowest BCUT2D eigenvalue weighted by Gasteiger charge is -2.37. The smallest absolute Gasteiger partial charge is 0.330 e. The van der Waals surface area contributed by atoms with Gasteiger partial charge >= 0.3 is 6.03 Å². The Morgan fingerprint density at radius 1 is 1.15 bits per heavy atom. The first kappa shape index (κ1) is 29.9. The van der Waals surface area contributed by atoms with E-state index in [9.17, 15) is 9.59 Å². The minimum atomic E-state index is -0.418. The van der Waals surface area contributed by atoms with Gasteiger partial charge in [-0.25, -0.2) is 9.78 Å². The number of carbonyl (C=O) groups is 2. The first-order valence-electron chi connectivity index (χ1n) is 12.6. The largest absolute Gasteiger partial charge is 0.495 e. The first-order chi connectivity index (χ1) is 19.7. The van der Waals surface area contributed by atoms with Gasteiger partial charge in [-0.1, -0.05) is 41.4 Å². The third-order valence-electron chi connectivity index (χ3n) is 6.21. The van der Waals surface area contributed by atoms with E-state index in [0.717, 1.165) is 5.56 Å². The molecule has 0 atom stereocenters. The molecule has 4 rings (SSSR count). The summed E-state index contributed by atoms with van der Waals surface area (Å²) in [5.41, 5.74) is 2.26. The van der Waals surface area contributed by atoms with Gasteiger partial charge in [-0.3, -0.25) is 14.6 Å². The molecule has 0 aliphatic carbocycles. The van der Waals surface area contributed by atoms with Crippen molar-refractivity contribution >= 4 is 58.3 Å². The summed E-state index contributed by atoms with van der Waals surface area (Å²) in [7, 11) is 8.47. The third kappa shape index (κ3) is 6.64. The number of likely N-dealkylation sites (N-methyl/N-ethyl adjacent to an activating group) is 1. The van der Waals surface area contributed by atoms with E-state index in [1.165, 1.54) is 30.1 Å². The number of ether oxygens (including phenoxy) is 2.